The third-order valence-corrected chi connectivity index (χ3v) is 5.83. The number of carbonyl (C=O) groups excluding carboxylic acids is 1. The number of alkyl halides is 3. The van der Waals surface area contributed by atoms with Gasteiger partial charge in [0.25, 0.3) is 5.91 Å². The molecule has 11 nitrogen and oxygen atoms in total. The van der Waals surface area contributed by atoms with E-state index in [1.54, 1.807) is 0 Å². The molecule has 16 heteroatoms. The molecule has 0 bridgehead atoms. The van der Waals surface area contributed by atoms with Crippen LogP contribution in [0.3, 0.4) is 0 Å². The van der Waals surface area contributed by atoms with Crippen LogP contribution in [0.5, 0.6) is 0 Å². The maximum atomic E-state index is 14.2. The number of nitrogens with zero attached hydrogens (tertiary/aromatic N) is 6. The molecule has 0 radical (unpaired) electrons. The Labute approximate surface area is 209 Å². The van der Waals surface area contributed by atoms with Crippen LogP contribution in [0.15, 0.2) is 30.7 Å². The van der Waals surface area contributed by atoms with Crippen molar-refractivity contribution in [2.24, 2.45) is 0 Å². The zero-order valence-corrected chi connectivity index (χ0v) is 19.2. The molecule has 38 heavy (non-hydrogen) atoms. The molecule has 1 fully saturated rings. The quantitative estimate of drug-likeness (QED) is 0.382. The lowest BCUT2D eigenvalue weighted by molar-refractivity contribution is -0.141. The Morgan fingerprint density at radius 3 is 2.71 bits per heavy atom. The van der Waals surface area contributed by atoms with Crippen LogP contribution in [0.25, 0.3) is 27.9 Å². The number of ether oxygens (including phenoxy) is 1. The van der Waals surface area contributed by atoms with E-state index >= 15 is 0 Å². The van der Waals surface area contributed by atoms with Gasteiger partial charge in [-0.15, -0.1) is 0 Å². The zero-order chi connectivity index (χ0) is 27.2. The van der Waals surface area contributed by atoms with Gasteiger partial charge in [-0.2, -0.15) is 18.3 Å². The second kappa shape index (κ2) is 9.51. The van der Waals surface area contributed by atoms with Crippen molar-refractivity contribution in [2.75, 3.05) is 26.3 Å². The smallest absolute Gasteiger partial charge is 0.408 e. The number of amides is 2. The van der Waals surface area contributed by atoms with Crippen LogP contribution >= 0.6 is 0 Å². The lowest BCUT2D eigenvalue weighted by atomic mass is 10.2. The van der Waals surface area contributed by atoms with Gasteiger partial charge in [0.2, 0.25) is 0 Å². The Balaban J connectivity index is 1.58. The number of aromatic nitrogens is 5. The van der Waals surface area contributed by atoms with E-state index < -0.39 is 42.4 Å². The van der Waals surface area contributed by atoms with E-state index in [1.165, 1.54) is 4.90 Å². The number of imidazole rings is 1. The van der Waals surface area contributed by atoms with Crippen molar-refractivity contribution < 1.29 is 41.4 Å². The van der Waals surface area contributed by atoms with Crippen molar-refractivity contribution in [3.05, 3.63) is 48.1 Å². The molecule has 1 atom stereocenters. The second-order valence-corrected chi connectivity index (χ2v) is 8.52. The average molecular weight is 539 g/mol. The zero-order valence-electron chi connectivity index (χ0n) is 19.2. The van der Waals surface area contributed by atoms with E-state index in [0.717, 1.165) is 29.1 Å². The normalized spacial score (nSPS) is 16.7. The molecule has 1 aliphatic rings. The summed E-state index contributed by atoms with van der Waals surface area (Å²) in [6, 6.07) is 1.03. The van der Waals surface area contributed by atoms with Crippen LogP contribution in [0.4, 0.5) is 26.7 Å². The van der Waals surface area contributed by atoms with Crippen LogP contribution in [0, 0.1) is 11.6 Å². The number of rotatable bonds is 4. The van der Waals surface area contributed by atoms with E-state index in [1.807, 2.05) is 0 Å². The highest BCUT2D eigenvalue weighted by molar-refractivity contribution is 5.99. The fourth-order valence-corrected chi connectivity index (χ4v) is 4.27. The van der Waals surface area contributed by atoms with Gasteiger partial charge in [-0.1, -0.05) is 0 Å². The van der Waals surface area contributed by atoms with Crippen LogP contribution in [-0.4, -0.2) is 84.7 Å². The molecule has 0 aliphatic carbocycles. The van der Waals surface area contributed by atoms with Crippen molar-refractivity contribution >= 4 is 28.6 Å². The first kappa shape index (κ1) is 25.3. The van der Waals surface area contributed by atoms with Gasteiger partial charge in [0, 0.05) is 36.9 Å². The first-order valence-corrected chi connectivity index (χ1v) is 11.1. The molecule has 0 spiro atoms. The highest BCUT2D eigenvalue weighted by Gasteiger charge is 2.32. The predicted octanol–water partition coefficient (Wildman–Crippen LogP) is 2.70. The molecule has 1 saturated heterocycles. The Kier molecular flexibility index (Phi) is 6.34. The Bertz CT molecular complexity index is 1550. The molecule has 4 aromatic heterocycles. The summed E-state index contributed by atoms with van der Waals surface area (Å²) in [5.41, 5.74) is -0.639. The average Bonchev–Trinajstić information content (AvgIpc) is 3.31. The molecule has 1 aliphatic heterocycles. The monoisotopic (exact) mass is 539 g/mol. The van der Waals surface area contributed by atoms with Gasteiger partial charge in [0.05, 0.1) is 36.7 Å². The SMILES string of the molecule is O=C(O)NC1COCCN(C(=O)c2cc3c(cn2)c(-c2cnc4c(F)cc(F)cn24)nn3CC(F)(F)F)C1. The fourth-order valence-electron chi connectivity index (χ4n) is 4.27. The first-order valence-electron chi connectivity index (χ1n) is 11.1. The summed E-state index contributed by atoms with van der Waals surface area (Å²) in [5, 5.41) is 15.3. The van der Waals surface area contributed by atoms with Gasteiger partial charge in [-0.05, 0) is 6.07 Å². The highest BCUT2D eigenvalue weighted by atomic mass is 19.4. The predicted molar refractivity (Wildman–Crippen MR) is 119 cm³/mol. The third kappa shape index (κ3) is 4.93. The summed E-state index contributed by atoms with van der Waals surface area (Å²) in [4.78, 5) is 33.5. The number of carboxylic acid groups (broad SMARTS) is 1. The molecule has 0 aromatic carbocycles. The topological polar surface area (TPSA) is 127 Å². The standard InChI is InChI=1S/C22H18F5N7O4/c23-11-3-14(24)19-29-6-17(33(19)7-11)18-13-5-28-15(4-16(13)34(31-18)10-22(25,26)27)20(35)32-1-2-38-9-12(8-32)30-21(36)37/h3-7,12,30H,1-2,8-10H2,(H,36,37). The van der Waals surface area contributed by atoms with Crippen molar-refractivity contribution in [3.8, 4) is 11.4 Å². The molecule has 1 unspecified atom stereocenters. The first-order chi connectivity index (χ1) is 18.0. The van der Waals surface area contributed by atoms with Crippen LogP contribution in [0.2, 0.25) is 0 Å². The van der Waals surface area contributed by atoms with Crippen molar-refractivity contribution in [2.45, 2.75) is 18.8 Å². The molecule has 200 valence electrons. The summed E-state index contributed by atoms with van der Waals surface area (Å²) in [6.07, 6.45) is -2.77. The van der Waals surface area contributed by atoms with Crippen molar-refractivity contribution in [1.82, 2.24) is 34.4 Å². The van der Waals surface area contributed by atoms with E-state index in [0.29, 0.717) is 10.7 Å². The maximum absolute atomic E-state index is 14.2. The number of halogens is 5. The van der Waals surface area contributed by atoms with Gasteiger partial charge in [-0.3, -0.25) is 18.9 Å². The number of carbonyl (C=O) groups is 2. The Morgan fingerprint density at radius 2 is 1.97 bits per heavy atom. The third-order valence-electron chi connectivity index (χ3n) is 5.83. The summed E-state index contributed by atoms with van der Waals surface area (Å²) >= 11 is 0. The van der Waals surface area contributed by atoms with Crippen LogP contribution < -0.4 is 5.32 Å². The van der Waals surface area contributed by atoms with E-state index in [2.05, 4.69) is 20.4 Å². The molecule has 5 rings (SSSR count). The number of hydrogen-bond acceptors (Lipinski definition) is 6. The van der Waals surface area contributed by atoms with E-state index in [4.69, 9.17) is 9.84 Å². The minimum atomic E-state index is -4.68. The lowest BCUT2D eigenvalue weighted by Crippen LogP contribution is -2.46. The minimum absolute atomic E-state index is 0.0115. The summed E-state index contributed by atoms with van der Waals surface area (Å²) in [6.45, 7) is -1.31. The number of nitrogens with one attached hydrogen (secondary N) is 1. The lowest BCUT2D eigenvalue weighted by Gasteiger charge is -2.23. The summed E-state index contributed by atoms with van der Waals surface area (Å²) < 4.78 is 75.2. The second-order valence-electron chi connectivity index (χ2n) is 8.52. The number of hydrogen-bond donors (Lipinski definition) is 2. The molecule has 5 heterocycles. The summed E-state index contributed by atoms with van der Waals surface area (Å²) in [7, 11) is 0. The van der Waals surface area contributed by atoms with Gasteiger partial charge in [0.15, 0.2) is 11.5 Å². The maximum Gasteiger partial charge on any atom is 0.408 e. The molecular formula is C22H18F5N7O4. The van der Waals surface area contributed by atoms with E-state index in [9.17, 15) is 31.5 Å². The number of fused-ring (bicyclic) bond motifs is 2. The van der Waals surface area contributed by atoms with Gasteiger partial charge >= 0.3 is 12.3 Å². The Hall–Kier alpha value is -4.34. The largest absolute Gasteiger partial charge is 0.465 e. The van der Waals surface area contributed by atoms with Crippen LogP contribution in [-0.2, 0) is 11.3 Å². The molecule has 2 amide bonds. The van der Waals surface area contributed by atoms with E-state index in [-0.39, 0.29) is 59.9 Å². The van der Waals surface area contributed by atoms with Crippen molar-refractivity contribution in [1.29, 1.82) is 0 Å². The molecular weight excluding hydrogens is 521 g/mol. The van der Waals surface area contributed by atoms with Gasteiger partial charge in [-0.25, -0.2) is 18.6 Å². The molecule has 4 aromatic rings. The molecule has 2 N–H and O–H groups in total. The minimum Gasteiger partial charge on any atom is -0.465 e. The molecule has 0 saturated carbocycles. The fraction of sp³-hybridized carbons (Fsp3) is 0.318. The van der Waals surface area contributed by atoms with Crippen LogP contribution in [0.1, 0.15) is 10.5 Å². The van der Waals surface area contributed by atoms with Gasteiger partial charge < -0.3 is 20.1 Å². The van der Waals surface area contributed by atoms with Gasteiger partial charge in [0.1, 0.15) is 23.7 Å². The Morgan fingerprint density at radius 1 is 1.18 bits per heavy atom. The summed E-state index contributed by atoms with van der Waals surface area (Å²) in [5.74, 6) is -2.57. The number of pyridine rings is 2. The van der Waals surface area contributed by atoms with Crippen molar-refractivity contribution in [3.63, 3.8) is 0 Å². The highest BCUT2D eigenvalue weighted by Crippen LogP contribution is 2.31.